The molecule has 0 N–H and O–H groups in total. The third-order valence-corrected chi connectivity index (χ3v) is 5.29. The van der Waals surface area contributed by atoms with Gasteiger partial charge in [0.25, 0.3) is 0 Å². The highest BCUT2D eigenvalue weighted by atomic mass is 16.6. The van der Waals surface area contributed by atoms with Crippen molar-refractivity contribution in [1.82, 2.24) is 4.90 Å². The van der Waals surface area contributed by atoms with Crippen LogP contribution in [0.15, 0.2) is 42.5 Å². The molecule has 0 aliphatic carbocycles. The van der Waals surface area contributed by atoms with Crippen LogP contribution in [0, 0.1) is 0 Å². The smallest absolute Gasteiger partial charge is 0.223 e. The van der Waals surface area contributed by atoms with Crippen molar-refractivity contribution in [2.75, 3.05) is 51.4 Å². The zero-order valence-corrected chi connectivity index (χ0v) is 16.2. The zero-order valence-electron chi connectivity index (χ0n) is 16.2. The van der Waals surface area contributed by atoms with E-state index < -0.39 is 0 Å². The maximum absolute atomic E-state index is 12.7. The molecule has 1 saturated heterocycles. The molecule has 1 fully saturated rings. The molecular formula is C22H26N2O4. The van der Waals surface area contributed by atoms with Gasteiger partial charge in [-0.1, -0.05) is 18.2 Å². The van der Waals surface area contributed by atoms with Crippen LogP contribution in [-0.2, 0) is 11.2 Å². The number of amides is 1. The SMILES string of the molecule is COc1ccccc1N1CCN(C(=O)CCc2ccc3c(c2)OCCO3)CC1. The molecule has 28 heavy (non-hydrogen) atoms. The summed E-state index contributed by atoms with van der Waals surface area (Å²) in [6.07, 6.45) is 1.22. The van der Waals surface area contributed by atoms with Gasteiger partial charge < -0.3 is 24.0 Å². The first-order chi connectivity index (χ1) is 13.7. The van der Waals surface area contributed by atoms with E-state index in [9.17, 15) is 4.79 Å². The zero-order chi connectivity index (χ0) is 19.3. The summed E-state index contributed by atoms with van der Waals surface area (Å²) in [6, 6.07) is 14.0. The van der Waals surface area contributed by atoms with Gasteiger partial charge in [-0.15, -0.1) is 0 Å². The fourth-order valence-electron chi connectivity index (χ4n) is 3.74. The molecule has 148 valence electrons. The van der Waals surface area contributed by atoms with Crippen LogP contribution >= 0.6 is 0 Å². The Bertz CT molecular complexity index is 831. The molecule has 2 aromatic carbocycles. The number of carbonyl (C=O) groups excluding carboxylic acids is 1. The van der Waals surface area contributed by atoms with Crippen molar-refractivity contribution >= 4 is 11.6 Å². The number of fused-ring (bicyclic) bond motifs is 1. The normalized spacial score (nSPS) is 16.0. The number of carbonyl (C=O) groups is 1. The summed E-state index contributed by atoms with van der Waals surface area (Å²) in [5, 5.41) is 0. The maximum Gasteiger partial charge on any atom is 0.223 e. The number of hydrogen-bond donors (Lipinski definition) is 0. The summed E-state index contributed by atoms with van der Waals surface area (Å²) in [5.41, 5.74) is 2.19. The molecule has 0 spiro atoms. The second-order valence-corrected chi connectivity index (χ2v) is 7.02. The second kappa shape index (κ2) is 8.42. The molecule has 0 aromatic heterocycles. The van der Waals surface area contributed by atoms with Crippen LogP contribution in [0.2, 0.25) is 0 Å². The van der Waals surface area contributed by atoms with Crippen LogP contribution < -0.4 is 19.1 Å². The van der Waals surface area contributed by atoms with Gasteiger partial charge in [0.1, 0.15) is 19.0 Å². The topological polar surface area (TPSA) is 51.2 Å². The average molecular weight is 382 g/mol. The summed E-state index contributed by atoms with van der Waals surface area (Å²) in [4.78, 5) is 16.9. The van der Waals surface area contributed by atoms with Crippen LogP contribution in [0.1, 0.15) is 12.0 Å². The Labute approximate surface area is 165 Å². The number of piperazine rings is 1. The van der Waals surface area contributed by atoms with Crippen LogP contribution in [0.3, 0.4) is 0 Å². The molecule has 0 saturated carbocycles. The number of ether oxygens (including phenoxy) is 3. The van der Waals surface area contributed by atoms with Gasteiger partial charge in [0.15, 0.2) is 11.5 Å². The number of nitrogens with zero attached hydrogens (tertiary/aromatic N) is 2. The number of benzene rings is 2. The summed E-state index contributed by atoms with van der Waals surface area (Å²) in [7, 11) is 1.69. The molecule has 4 rings (SSSR count). The molecule has 2 aromatic rings. The van der Waals surface area contributed by atoms with Gasteiger partial charge in [0.2, 0.25) is 5.91 Å². The lowest BCUT2D eigenvalue weighted by atomic mass is 10.1. The number of methoxy groups -OCH3 is 1. The molecular weight excluding hydrogens is 356 g/mol. The Balaban J connectivity index is 1.30. The van der Waals surface area contributed by atoms with Crippen molar-refractivity contribution in [1.29, 1.82) is 0 Å². The van der Waals surface area contributed by atoms with Crippen molar-refractivity contribution in [3.05, 3.63) is 48.0 Å². The van der Waals surface area contributed by atoms with Crippen molar-refractivity contribution in [2.45, 2.75) is 12.8 Å². The first-order valence-electron chi connectivity index (χ1n) is 9.79. The Morgan fingerprint density at radius 1 is 1.00 bits per heavy atom. The van der Waals surface area contributed by atoms with E-state index in [0.717, 1.165) is 54.7 Å². The first-order valence-corrected chi connectivity index (χ1v) is 9.79. The second-order valence-electron chi connectivity index (χ2n) is 7.02. The third-order valence-electron chi connectivity index (χ3n) is 5.29. The molecule has 1 amide bonds. The third kappa shape index (κ3) is 4.01. The minimum atomic E-state index is 0.203. The van der Waals surface area contributed by atoms with Crippen molar-refractivity contribution in [3.8, 4) is 17.2 Å². The standard InChI is InChI=1S/C22H26N2O4/c1-26-19-5-3-2-4-18(19)23-10-12-24(13-11-23)22(25)9-7-17-6-8-20-21(16-17)28-15-14-27-20/h2-6,8,16H,7,9-15H2,1H3. The Morgan fingerprint density at radius 3 is 2.54 bits per heavy atom. The first kappa shape index (κ1) is 18.5. The number of para-hydroxylation sites is 2. The lowest BCUT2D eigenvalue weighted by Gasteiger charge is -2.36. The molecule has 0 atom stereocenters. The molecule has 6 heteroatoms. The van der Waals surface area contributed by atoms with E-state index in [1.807, 2.05) is 41.3 Å². The highest BCUT2D eigenvalue weighted by Gasteiger charge is 2.22. The van der Waals surface area contributed by atoms with E-state index in [4.69, 9.17) is 14.2 Å². The van der Waals surface area contributed by atoms with Crippen LogP contribution in [0.5, 0.6) is 17.2 Å². The molecule has 2 aliphatic heterocycles. The molecule has 2 heterocycles. The Kier molecular flexibility index (Phi) is 5.55. The lowest BCUT2D eigenvalue weighted by Crippen LogP contribution is -2.48. The number of hydrogen-bond acceptors (Lipinski definition) is 5. The van der Waals surface area contributed by atoms with Crippen molar-refractivity contribution in [2.24, 2.45) is 0 Å². The Morgan fingerprint density at radius 2 is 1.75 bits per heavy atom. The summed E-state index contributed by atoms with van der Waals surface area (Å²) >= 11 is 0. The van der Waals surface area contributed by atoms with Gasteiger partial charge in [-0.2, -0.15) is 0 Å². The van der Waals surface area contributed by atoms with E-state index in [1.54, 1.807) is 7.11 Å². The van der Waals surface area contributed by atoms with E-state index in [0.29, 0.717) is 26.1 Å². The molecule has 2 aliphatic rings. The average Bonchev–Trinajstić information content (AvgIpc) is 2.77. The van der Waals surface area contributed by atoms with Gasteiger partial charge in [-0.3, -0.25) is 4.79 Å². The van der Waals surface area contributed by atoms with Crippen molar-refractivity contribution in [3.63, 3.8) is 0 Å². The fourth-order valence-corrected chi connectivity index (χ4v) is 3.74. The van der Waals surface area contributed by atoms with Gasteiger partial charge in [-0.25, -0.2) is 0 Å². The highest BCUT2D eigenvalue weighted by molar-refractivity contribution is 5.77. The largest absolute Gasteiger partial charge is 0.495 e. The monoisotopic (exact) mass is 382 g/mol. The van der Waals surface area contributed by atoms with Crippen LogP contribution in [0.25, 0.3) is 0 Å². The highest BCUT2D eigenvalue weighted by Crippen LogP contribution is 2.31. The van der Waals surface area contributed by atoms with Crippen LogP contribution in [-0.4, -0.2) is 57.3 Å². The minimum Gasteiger partial charge on any atom is -0.495 e. The van der Waals surface area contributed by atoms with Gasteiger partial charge in [0.05, 0.1) is 12.8 Å². The predicted molar refractivity (Wildman–Crippen MR) is 108 cm³/mol. The van der Waals surface area contributed by atoms with Crippen molar-refractivity contribution < 1.29 is 19.0 Å². The molecule has 0 unspecified atom stereocenters. The lowest BCUT2D eigenvalue weighted by molar-refractivity contribution is -0.131. The van der Waals surface area contributed by atoms with E-state index in [-0.39, 0.29) is 5.91 Å². The maximum atomic E-state index is 12.7. The fraction of sp³-hybridized carbons (Fsp3) is 0.409. The number of anilines is 1. The summed E-state index contributed by atoms with van der Waals surface area (Å²) < 4.78 is 16.6. The van der Waals surface area contributed by atoms with Gasteiger partial charge in [0, 0.05) is 32.6 Å². The molecule has 0 radical (unpaired) electrons. The molecule has 6 nitrogen and oxygen atoms in total. The van der Waals surface area contributed by atoms with Crippen LogP contribution in [0.4, 0.5) is 5.69 Å². The molecule has 0 bridgehead atoms. The predicted octanol–water partition coefficient (Wildman–Crippen LogP) is 2.75. The Hall–Kier alpha value is -2.89. The van der Waals surface area contributed by atoms with E-state index in [1.165, 1.54) is 0 Å². The number of rotatable bonds is 5. The van der Waals surface area contributed by atoms with E-state index >= 15 is 0 Å². The number of aryl methyl sites for hydroxylation is 1. The van der Waals surface area contributed by atoms with Gasteiger partial charge >= 0.3 is 0 Å². The summed E-state index contributed by atoms with van der Waals surface area (Å²) in [5.74, 6) is 2.64. The summed E-state index contributed by atoms with van der Waals surface area (Å²) in [6.45, 7) is 4.26. The van der Waals surface area contributed by atoms with E-state index in [2.05, 4.69) is 11.0 Å². The quantitative estimate of drug-likeness (QED) is 0.796. The van der Waals surface area contributed by atoms with Gasteiger partial charge in [-0.05, 0) is 36.2 Å². The minimum absolute atomic E-state index is 0.203.